The summed E-state index contributed by atoms with van der Waals surface area (Å²) in [5, 5.41) is 6.26. The van der Waals surface area contributed by atoms with Crippen molar-refractivity contribution in [2.75, 3.05) is 39.7 Å². The van der Waals surface area contributed by atoms with Crippen molar-refractivity contribution in [2.45, 2.75) is 31.8 Å². The van der Waals surface area contributed by atoms with Gasteiger partial charge in [0.1, 0.15) is 11.5 Å². The van der Waals surface area contributed by atoms with Crippen LogP contribution >= 0.6 is 12.4 Å². The van der Waals surface area contributed by atoms with Crippen LogP contribution in [0.3, 0.4) is 0 Å². The molecule has 0 spiro atoms. The molecule has 1 aliphatic heterocycles. The summed E-state index contributed by atoms with van der Waals surface area (Å²) in [6.45, 7) is 3.79. The molecule has 0 bridgehead atoms. The van der Waals surface area contributed by atoms with E-state index in [0.717, 1.165) is 25.9 Å². The number of halogens is 1. The summed E-state index contributed by atoms with van der Waals surface area (Å²) in [4.78, 5) is 14.8. The Bertz CT molecular complexity index is 542. The van der Waals surface area contributed by atoms with Gasteiger partial charge in [-0.15, -0.1) is 12.4 Å². The number of rotatable bonds is 6. The molecule has 1 fully saturated rings. The topological polar surface area (TPSA) is 62.8 Å². The average molecular weight is 358 g/mol. The van der Waals surface area contributed by atoms with Gasteiger partial charge in [-0.2, -0.15) is 0 Å². The Balaban J connectivity index is 0.00000288. The smallest absolute Gasteiger partial charge is 0.241 e. The van der Waals surface area contributed by atoms with Crippen LogP contribution < -0.4 is 20.1 Å². The molecule has 0 aromatic heterocycles. The monoisotopic (exact) mass is 357 g/mol. The van der Waals surface area contributed by atoms with Crippen molar-refractivity contribution in [1.82, 2.24) is 10.2 Å². The van der Waals surface area contributed by atoms with E-state index in [9.17, 15) is 4.79 Å². The van der Waals surface area contributed by atoms with Crippen LogP contribution in [0.2, 0.25) is 0 Å². The molecule has 1 aromatic carbocycles. The molecule has 2 unspecified atom stereocenters. The van der Waals surface area contributed by atoms with Crippen LogP contribution in [-0.2, 0) is 4.79 Å². The molecular weight excluding hydrogens is 330 g/mol. The third-order valence-corrected chi connectivity index (χ3v) is 4.45. The molecule has 0 saturated carbocycles. The molecule has 136 valence electrons. The van der Waals surface area contributed by atoms with Gasteiger partial charge in [0.05, 0.1) is 25.9 Å². The van der Waals surface area contributed by atoms with Gasteiger partial charge in [-0.1, -0.05) is 0 Å². The van der Waals surface area contributed by atoms with Gasteiger partial charge >= 0.3 is 0 Å². The highest BCUT2D eigenvalue weighted by Gasteiger charge is 2.27. The number of methoxy groups -OCH3 is 2. The molecule has 0 aliphatic carbocycles. The minimum absolute atomic E-state index is 0. The number of ether oxygens (including phenoxy) is 2. The number of carbonyl (C=O) groups is 1. The molecule has 2 atom stereocenters. The minimum atomic E-state index is -0.182. The summed E-state index contributed by atoms with van der Waals surface area (Å²) >= 11 is 0. The van der Waals surface area contributed by atoms with Gasteiger partial charge in [0, 0.05) is 18.7 Å². The maximum Gasteiger partial charge on any atom is 0.241 e. The first-order chi connectivity index (χ1) is 11.1. The molecule has 6 nitrogen and oxygen atoms in total. The molecule has 1 aliphatic rings. The lowest BCUT2D eigenvalue weighted by molar-refractivity contribution is -0.121. The number of carbonyl (C=O) groups excluding carboxylic acids is 1. The van der Waals surface area contributed by atoms with Crippen molar-refractivity contribution in [3.63, 3.8) is 0 Å². The second-order valence-electron chi connectivity index (χ2n) is 5.85. The number of anilines is 1. The second-order valence-corrected chi connectivity index (χ2v) is 5.85. The molecule has 1 aromatic rings. The van der Waals surface area contributed by atoms with Gasteiger partial charge in [-0.3, -0.25) is 9.69 Å². The Kier molecular flexibility index (Phi) is 8.31. The SMILES string of the molecule is CNC1CCCN(C(C)C(=O)Nc2ccc(OC)cc2OC)C1.Cl. The zero-order valence-corrected chi connectivity index (χ0v) is 15.6. The van der Waals surface area contributed by atoms with Gasteiger partial charge in [-0.05, 0) is 45.5 Å². The number of likely N-dealkylation sites (N-methyl/N-ethyl adjacent to an activating group) is 1. The fourth-order valence-corrected chi connectivity index (χ4v) is 2.90. The molecule has 0 radical (unpaired) electrons. The fourth-order valence-electron chi connectivity index (χ4n) is 2.90. The zero-order chi connectivity index (χ0) is 16.8. The molecule has 24 heavy (non-hydrogen) atoms. The standard InChI is InChI=1S/C17H27N3O3.ClH/c1-12(20-9-5-6-13(11-20)18-2)17(21)19-15-8-7-14(22-3)10-16(15)23-4;/h7-8,10,12-13,18H,5-6,9,11H2,1-4H3,(H,19,21);1H. The van der Waals surface area contributed by atoms with Crippen LogP contribution in [0.4, 0.5) is 5.69 Å². The first kappa shape index (κ1) is 20.5. The van der Waals surface area contributed by atoms with E-state index < -0.39 is 0 Å². The summed E-state index contributed by atoms with van der Waals surface area (Å²) < 4.78 is 10.5. The number of piperidine rings is 1. The third-order valence-electron chi connectivity index (χ3n) is 4.45. The Morgan fingerprint density at radius 2 is 2.08 bits per heavy atom. The van der Waals surface area contributed by atoms with E-state index in [0.29, 0.717) is 23.2 Å². The molecule has 1 amide bonds. The highest BCUT2D eigenvalue weighted by molar-refractivity contribution is 5.96. The van der Waals surface area contributed by atoms with Crippen LogP contribution in [-0.4, -0.2) is 57.2 Å². The minimum Gasteiger partial charge on any atom is -0.497 e. The normalized spacial score (nSPS) is 19.1. The largest absolute Gasteiger partial charge is 0.497 e. The highest BCUT2D eigenvalue weighted by Crippen LogP contribution is 2.29. The number of amides is 1. The van der Waals surface area contributed by atoms with Crippen molar-refractivity contribution in [3.05, 3.63) is 18.2 Å². The van der Waals surface area contributed by atoms with Crippen LogP contribution in [0.5, 0.6) is 11.5 Å². The zero-order valence-electron chi connectivity index (χ0n) is 14.8. The first-order valence-corrected chi connectivity index (χ1v) is 8.03. The first-order valence-electron chi connectivity index (χ1n) is 8.03. The predicted molar refractivity (Wildman–Crippen MR) is 98.5 cm³/mol. The number of nitrogens with one attached hydrogen (secondary N) is 2. The summed E-state index contributed by atoms with van der Waals surface area (Å²) in [6, 6.07) is 5.64. The Labute approximate surface area is 150 Å². The van der Waals surface area contributed by atoms with Crippen LogP contribution in [0.1, 0.15) is 19.8 Å². The van der Waals surface area contributed by atoms with E-state index in [4.69, 9.17) is 9.47 Å². The molecule has 2 rings (SSSR count). The van der Waals surface area contributed by atoms with E-state index in [1.54, 1.807) is 32.4 Å². The van der Waals surface area contributed by atoms with Crippen LogP contribution in [0.25, 0.3) is 0 Å². The van der Waals surface area contributed by atoms with E-state index in [1.807, 2.05) is 14.0 Å². The number of nitrogens with zero attached hydrogens (tertiary/aromatic N) is 1. The maximum atomic E-state index is 12.6. The van der Waals surface area contributed by atoms with Gasteiger partial charge < -0.3 is 20.1 Å². The van der Waals surface area contributed by atoms with Gasteiger partial charge in [-0.25, -0.2) is 0 Å². The Morgan fingerprint density at radius 1 is 1.33 bits per heavy atom. The Hall–Kier alpha value is -1.50. The number of likely N-dealkylation sites (tertiary alicyclic amines) is 1. The van der Waals surface area contributed by atoms with Crippen molar-refractivity contribution in [1.29, 1.82) is 0 Å². The average Bonchev–Trinajstić information content (AvgIpc) is 2.61. The molecule has 2 N–H and O–H groups in total. The second kappa shape index (κ2) is 9.71. The van der Waals surface area contributed by atoms with Crippen molar-refractivity contribution < 1.29 is 14.3 Å². The van der Waals surface area contributed by atoms with Crippen molar-refractivity contribution >= 4 is 24.0 Å². The molecule has 1 heterocycles. The summed E-state index contributed by atoms with van der Waals surface area (Å²) in [7, 11) is 5.15. The molecular formula is C17H28ClN3O3. The van der Waals surface area contributed by atoms with Crippen LogP contribution in [0.15, 0.2) is 18.2 Å². The lowest BCUT2D eigenvalue weighted by Crippen LogP contribution is -2.51. The fraction of sp³-hybridized carbons (Fsp3) is 0.588. The summed E-state index contributed by atoms with van der Waals surface area (Å²) in [5.74, 6) is 1.27. The lowest BCUT2D eigenvalue weighted by Gasteiger charge is -2.36. The number of benzene rings is 1. The number of hydrogen-bond donors (Lipinski definition) is 2. The van der Waals surface area contributed by atoms with Crippen LogP contribution in [0, 0.1) is 0 Å². The Morgan fingerprint density at radius 3 is 2.71 bits per heavy atom. The highest BCUT2D eigenvalue weighted by atomic mass is 35.5. The van der Waals surface area contributed by atoms with Gasteiger partial charge in [0.15, 0.2) is 0 Å². The van der Waals surface area contributed by atoms with E-state index in [-0.39, 0.29) is 24.4 Å². The quantitative estimate of drug-likeness (QED) is 0.816. The maximum absolute atomic E-state index is 12.6. The molecule has 7 heteroatoms. The van der Waals surface area contributed by atoms with Gasteiger partial charge in [0.25, 0.3) is 0 Å². The van der Waals surface area contributed by atoms with E-state index in [2.05, 4.69) is 15.5 Å². The third kappa shape index (κ3) is 5.00. The lowest BCUT2D eigenvalue weighted by atomic mass is 10.0. The van der Waals surface area contributed by atoms with E-state index in [1.165, 1.54) is 0 Å². The predicted octanol–water partition coefficient (Wildman–Crippen LogP) is 2.14. The van der Waals surface area contributed by atoms with E-state index >= 15 is 0 Å². The van der Waals surface area contributed by atoms with Crippen molar-refractivity contribution in [3.8, 4) is 11.5 Å². The molecule has 1 saturated heterocycles. The summed E-state index contributed by atoms with van der Waals surface area (Å²) in [5.41, 5.74) is 0.660. The summed E-state index contributed by atoms with van der Waals surface area (Å²) in [6.07, 6.45) is 2.27. The van der Waals surface area contributed by atoms with Crippen molar-refractivity contribution in [2.24, 2.45) is 0 Å². The van der Waals surface area contributed by atoms with Gasteiger partial charge in [0.2, 0.25) is 5.91 Å². The number of hydrogen-bond acceptors (Lipinski definition) is 5.